The molecule has 0 aliphatic rings. The van der Waals surface area contributed by atoms with Crippen LogP contribution < -0.4 is 11.1 Å². The highest BCUT2D eigenvalue weighted by Crippen LogP contribution is 1.70. The Hall–Kier alpha value is -1.01. The van der Waals surface area contributed by atoms with E-state index in [4.69, 9.17) is 0 Å². The molecule has 1 heterocycles. The Labute approximate surface area is 64.8 Å². The summed E-state index contributed by atoms with van der Waals surface area (Å²) in [6.45, 7) is 3.92. The van der Waals surface area contributed by atoms with E-state index in [1.807, 2.05) is 0 Å². The Kier molecular flexibility index (Phi) is 3.49. The van der Waals surface area contributed by atoms with Gasteiger partial charge in [0.2, 0.25) is 0 Å². The third-order valence-corrected chi connectivity index (χ3v) is 1.36. The Morgan fingerprint density at radius 2 is 2.36 bits per heavy atom. The summed E-state index contributed by atoms with van der Waals surface area (Å²) in [5.41, 5.74) is 3.74. The second-order valence-corrected chi connectivity index (χ2v) is 2.29. The quantitative estimate of drug-likeness (QED) is 0.435. The summed E-state index contributed by atoms with van der Waals surface area (Å²) < 4.78 is 1.72. The topological polar surface area (TPSA) is 87.9 Å². The van der Waals surface area contributed by atoms with Gasteiger partial charge in [-0.15, -0.1) is 5.10 Å². The Balaban J connectivity index is 2.04. The van der Waals surface area contributed by atoms with Gasteiger partial charge in [0.15, 0.2) is 0 Å². The van der Waals surface area contributed by atoms with Crippen LogP contribution in [0.5, 0.6) is 0 Å². The van der Waals surface area contributed by atoms with Crippen molar-refractivity contribution in [2.45, 2.75) is 6.54 Å². The summed E-state index contributed by atoms with van der Waals surface area (Å²) in [5, 5.41) is 13.0. The first kappa shape index (κ1) is 8.09. The molecule has 5 N–H and O–H groups in total. The van der Waals surface area contributed by atoms with Crippen LogP contribution >= 0.6 is 0 Å². The maximum absolute atomic E-state index is 3.74. The summed E-state index contributed by atoms with van der Waals surface area (Å²) in [7, 11) is 0. The van der Waals surface area contributed by atoms with E-state index in [0.29, 0.717) is 0 Å². The van der Waals surface area contributed by atoms with Gasteiger partial charge >= 0.3 is 0 Å². The standard InChI is InChI=1S/C5H12N6/c6-1-2-7-3-4-11-5-8-9-10-11/h5,7H,1-4,6H2/p+2. The Bertz CT molecular complexity index is 171. The minimum Gasteiger partial charge on any atom is -0.353 e. The first-order chi connectivity index (χ1) is 5.43. The average molecular weight is 158 g/mol. The van der Waals surface area contributed by atoms with Crippen LogP contribution in [0.1, 0.15) is 0 Å². The minimum atomic E-state index is 0.868. The number of nitrogens with zero attached hydrogens (tertiary/aromatic N) is 4. The van der Waals surface area contributed by atoms with Gasteiger partial charge in [-0.2, -0.15) is 0 Å². The number of tetrazole rings is 1. The molecule has 6 nitrogen and oxygen atoms in total. The van der Waals surface area contributed by atoms with Crippen molar-refractivity contribution in [3.63, 3.8) is 0 Å². The second kappa shape index (κ2) is 4.75. The molecule has 0 unspecified atom stereocenters. The van der Waals surface area contributed by atoms with Crippen LogP contribution in [0.15, 0.2) is 6.33 Å². The summed E-state index contributed by atoms with van der Waals surface area (Å²) in [6, 6.07) is 0. The lowest BCUT2D eigenvalue weighted by molar-refractivity contribution is -0.671. The molecule has 0 spiro atoms. The predicted molar refractivity (Wildman–Crippen MR) is 37.2 cm³/mol. The third kappa shape index (κ3) is 3.06. The zero-order valence-corrected chi connectivity index (χ0v) is 6.48. The normalized spacial score (nSPS) is 10.3. The fourth-order valence-corrected chi connectivity index (χ4v) is 0.795. The van der Waals surface area contributed by atoms with Crippen LogP contribution in [-0.2, 0) is 6.54 Å². The van der Waals surface area contributed by atoms with Gasteiger partial charge in [-0.05, 0) is 10.4 Å². The van der Waals surface area contributed by atoms with Gasteiger partial charge in [0, 0.05) is 0 Å². The zero-order valence-electron chi connectivity index (χ0n) is 6.48. The molecule has 0 fully saturated rings. The molecule has 1 rings (SSSR count). The maximum atomic E-state index is 3.74. The van der Waals surface area contributed by atoms with E-state index >= 15 is 0 Å². The van der Waals surface area contributed by atoms with E-state index in [1.54, 1.807) is 11.0 Å². The predicted octanol–water partition coefficient (Wildman–Crippen LogP) is -3.52. The first-order valence-electron chi connectivity index (χ1n) is 3.75. The van der Waals surface area contributed by atoms with Crippen molar-refractivity contribution in [1.29, 1.82) is 0 Å². The van der Waals surface area contributed by atoms with Crippen LogP contribution in [0, 0.1) is 0 Å². The van der Waals surface area contributed by atoms with Gasteiger partial charge in [0.1, 0.15) is 19.4 Å². The number of hydrogen-bond donors (Lipinski definition) is 2. The van der Waals surface area contributed by atoms with Crippen LogP contribution in [0.2, 0.25) is 0 Å². The van der Waals surface area contributed by atoms with E-state index < -0.39 is 0 Å². The molecule has 0 atom stereocenters. The van der Waals surface area contributed by atoms with Gasteiger partial charge in [0.05, 0.1) is 13.1 Å². The SMILES string of the molecule is [NH3+]CC[NH2+]CCn1cnnn1. The van der Waals surface area contributed by atoms with Crippen molar-refractivity contribution in [3.05, 3.63) is 6.33 Å². The fourth-order valence-electron chi connectivity index (χ4n) is 0.795. The molecule has 0 amide bonds. The van der Waals surface area contributed by atoms with Crippen molar-refractivity contribution in [3.8, 4) is 0 Å². The number of hydrogen-bond acceptors (Lipinski definition) is 3. The first-order valence-corrected chi connectivity index (χ1v) is 3.75. The molecule has 6 heteroatoms. The average Bonchev–Trinajstić information content (AvgIpc) is 2.50. The number of aromatic nitrogens is 4. The maximum Gasteiger partial charge on any atom is 0.138 e. The molecule has 0 aromatic carbocycles. The van der Waals surface area contributed by atoms with E-state index in [-0.39, 0.29) is 0 Å². The molecule has 0 radical (unpaired) electrons. The molecular formula is C5H14N6+2. The Morgan fingerprint density at radius 1 is 1.45 bits per heavy atom. The van der Waals surface area contributed by atoms with Crippen LogP contribution in [0.4, 0.5) is 0 Å². The van der Waals surface area contributed by atoms with Crippen molar-refractivity contribution >= 4 is 0 Å². The van der Waals surface area contributed by atoms with Gasteiger partial charge in [-0.3, -0.25) is 0 Å². The molecular weight excluding hydrogens is 144 g/mol. The zero-order chi connectivity index (χ0) is 7.94. The minimum absolute atomic E-state index is 0.868. The smallest absolute Gasteiger partial charge is 0.138 e. The highest BCUT2D eigenvalue weighted by Gasteiger charge is 1.93. The Morgan fingerprint density at radius 3 is 3.00 bits per heavy atom. The summed E-state index contributed by atoms with van der Waals surface area (Å²) >= 11 is 0. The second-order valence-electron chi connectivity index (χ2n) is 2.29. The molecule has 0 aliphatic carbocycles. The summed E-state index contributed by atoms with van der Waals surface area (Å²) in [5.74, 6) is 0. The molecule has 62 valence electrons. The molecule has 0 bridgehead atoms. The van der Waals surface area contributed by atoms with E-state index in [9.17, 15) is 0 Å². The molecule has 1 aromatic heterocycles. The number of rotatable bonds is 5. The summed E-state index contributed by atoms with van der Waals surface area (Å²) in [4.78, 5) is 0. The van der Waals surface area contributed by atoms with Crippen molar-refractivity contribution in [1.82, 2.24) is 20.2 Å². The molecule has 1 aromatic rings. The lowest BCUT2D eigenvalue weighted by atomic mass is 10.5. The van der Waals surface area contributed by atoms with Gasteiger partial charge in [-0.1, -0.05) is 0 Å². The number of quaternary nitrogens is 2. The lowest BCUT2D eigenvalue weighted by Crippen LogP contribution is -2.88. The van der Waals surface area contributed by atoms with Gasteiger partial charge in [-0.25, -0.2) is 4.68 Å². The van der Waals surface area contributed by atoms with Crippen LogP contribution in [0.3, 0.4) is 0 Å². The van der Waals surface area contributed by atoms with Crippen molar-refractivity contribution in [2.75, 3.05) is 19.6 Å². The largest absolute Gasteiger partial charge is 0.353 e. The van der Waals surface area contributed by atoms with E-state index in [0.717, 1.165) is 26.2 Å². The van der Waals surface area contributed by atoms with Gasteiger partial charge < -0.3 is 11.1 Å². The van der Waals surface area contributed by atoms with Gasteiger partial charge in [0.25, 0.3) is 0 Å². The monoisotopic (exact) mass is 158 g/mol. The summed E-state index contributed by atoms with van der Waals surface area (Å²) in [6.07, 6.45) is 1.62. The highest BCUT2D eigenvalue weighted by atomic mass is 15.5. The van der Waals surface area contributed by atoms with Crippen molar-refractivity contribution < 1.29 is 11.1 Å². The molecule has 0 saturated carbocycles. The van der Waals surface area contributed by atoms with Crippen molar-refractivity contribution in [2.24, 2.45) is 0 Å². The molecule has 0 aliphatic heterocycles. The lowest BCUT2D eigenvalue weighted by Gasteiger charge is -1.96. The van der Waals surface area contributed by atoms with Crippen LogP contribution in [-0.4, -0.2) is 39.8 Å². The number of nitrogens with two attached hydrogens (primary N) is 1. The van der Waals surface area contributed by atoms with E-state index in [1.165, 1.54) is 0 Å². The van der Waals surface area contributed by atoms with Crippen LogP contribution in [0.25, 0.3) is 0 Å². The third-order valence-electron chi connectivity index (χ3n) is 1.36. The highest BCUT2D eigenvalue weighted by molar-refractivity contribution is 4.43. The fraction of sp³-hybridized carbons (Fsp3) is 0.800. The van der Waals surface area contributed by atoms with E-state index in [2.05, 4.69) is 26.6 Å². The molecule has 11 heavy (non-hydrogen) atoms. The molecule has 0 saturated heterocycles.